The SMILES string of the molecule is CC(C)(C)C1CCN(c2ncc(N)cc2C#N)C1. The molecule has 0 bridgehead atoms. The van der Waals surface area contributed by atoms with Crippen LogP contribution in [0.2, 0.25) is 0 Å². The van der Waals surface area contributed by atoms with Gasteiger partial charge in [-0.15, -0.1) is 0 Å². The third-order valence-electron chi connectivity index (χ3n) is 3.72. The van der Waals surface area contributed by atoms with Crippen molar-refractivity contribution in [3.63, 3.8) is 0 Å². The molecule has 4 heteroatoms. The topological polar surface area (TPSA) is 65.9 Å². The van der Waals surface area contributed by atoms with Gasteiger partial charge >= 0.3 is 0 Å². The molecule has 0 aliphatic carbocycles. The molecule has 0 radical (unpaired) electrons. The van der Waals surface area contributed by atoms with Gasteiger partial charge in [0.25, 0.3) is 0 Å². The van der Waals surface area contributed by atoms with Gasteiger partial charge in [-0.1, -0.05) is 20.8 Å². The highest BCUT2D eigenvalue weighted by atomic mass is 15.2. The Morgan fingerprint density at radius 3 is 2.78 bits per heavy atom. The van der Waals surface area contributed by atoms with Crippen LogP contribution in [0.1, 0.15) is 32.8 Å². The Bertz CT molecular complexity index is 482. The van der Waals surface area contributed by atoms with Crippen LogP contribution in [0.15, 0.2) is 12.3 Å². The number of anilines is 2. The summed E-state index contributed by atoms with van der Waals surface area (Å²) in [6.07, 6.45) is 2.78. The maximum Gasteiger partial charge on any atom is 0.146 e. The first kappa shape index (κ1) is 12.7. The maximum atomic E-state index is 9.16. The molecule has 0 spiro atoms. The molecule has 0 aromatic carbocycles. The van der Waals surface area contributed by atoms with E-state index < -0.39 is 0 Å². The minimum atomic E-state index is 0.301. The number of nitrogens with two attached hydrogens (primary N) is 1. The molecule has 4 nitrogen and oxygen atoms in total. The normalized spacial score (nSPS) is 19.9. The molecule has 0 amide bonds. The molecule has 0 saturated carbocycles. The highest BCUT2D eigenvalue weighted by Gasteiger charge is 2.33. The second kappa shape index (κ2) is 4.49. The minimum absolute atomic E-state index is 0.301. The summed E-state index contributed by atoms with van der Waals surface area (Å²) in [6, 6.07) is 3.88. The molecule has 2 rings (SSSR count). The van der Waals surface area contributed by atoms with E-state index in [4.69, 9.17) is 11.0 Å². The fraction of sp³-hybridized carbons (Fsp3) is 0.571. The second-order valence-electron chi connectivity index (χ2n) is 6.05. The molecule has 1 aromatic rings. The molecule has 1 aliphatic rings. The summed E-state index contributed by atoms with van der Waals surface area (Å²) in [6.45, 7) is 8.73. The number of aromatic nitrogens is 1. The Labute approximate surface area is 108 Å². The molecule has 1 aromatic heterocycles. The standard InChI is InChI=1S/C14H20N4/c1-14(2,3)11-4-5-18(9-11)13-10(7-15)6-12(16)8-17-13/h6,8,11H,4-5,9,16H2,1-3H3. The zero-order chi connectivity index (χ0) is 13.3. The molecule has 18 heavy (non-hydrogen) atoms. The van der Waals surface area contributed by atoms with Gasteiger partial charge in [-0.05, 0) is 23.8 Å². The summed E-state index contributed by atoms with van der Waals surface area (Å²) in [5.41, 5.74) is 7.08. The third kappa shape index (κ3) is 2.40. The molecule has 1 fully saturated rings. The largest absolute Gasteiger partial charge is 0.397 e. The molecule has 2 heterocycles. The van der Waals surface area contributed by atoms with Crippen LogP contribution in [0.4, 0.5) is 11.5 Å². The fourth-order valence-corrected chi connectivity index (χ4v) is 2.47. The van der Waals surface area contributed by atoms with Crippen LogP contribution in [0.25, 0.3) is 0 Å². The molecular weight excluding hydrogens is 224 g/mol. The van der Waals surface area contributed by atoms with Crippen molar-refractivity contribution in [2.45, 2.75) is 27.2 Å². The van der Waals surface area contributed by atoms with E-state index in [-0.39, 0.29) is 0 Å². The smallest absolute Gasteiger partial charge is 0.146 e. The zero-order valence-electron chi connectivity index (χ0n) is 11.3. The Morgan fingerprint density at radius 1 is 1.50 bits per heavy atom. The van der Waals surface area contributed by atoms with Crippen molar-refractivity contribution in [2.24, 2.45) is 11.3 Å². The Kier molecular flexibility index (Phi) is 3.16. The van der Waals surface area contributed by atoms with E-state index >= 15 is 0 Å². The van der Waals surface area contributed by atoms with Gasteiger partial charge < -0.3 is 10.6 Å². The molecule has 2 N–H and O–H groups in total. The van der Waals surface area contributed by atoms with Crippen molar-refractivity contribution >= 4 is 11.5 Å². The van der Waals surface area contributed by atoms with E-state index in [0.717, 1.165) is 25.3 Å². The lowest BCUT2D eigenvalue weighted by molar-refractivity contribution is 0.263. The second-order valence-corrected chi connectivity index (χ2v) is 6.05. The average molecular weight is 244 g/mol. The quantitative estimate of drug-likeness (QED) is 0.823. The summed E-state index contributed by atoms with van der Waals surface area (Å²) in [4.78, 5) is 6.53. The summed E-state index contributed by atoms with van der Waals surface area (Å²) in [5, 5.41) is 9.16. The van der Waals surface area contributed by atoms with Crippen molar-refractivity contribution in [3.8, 4) is 6.07 Å². The van der Waals surface area contributed by atoms with Gasteiger partial charge in [0.15, 0.2) is 0 Å². The summed E-state index contributed by atoms with van der Waals surface area (Å²) >= 11 is 0. The predicted molar refractivity (Wildman–Crippen MR) is 73.1 cm³/mol. The fourth-order valence-electron chi connectivity index (χ4n) is 2.47. The number of pyridine rings is 1. The van der Waals surface area contributed by atoms with Crippen LogP contribution in [0.5, 0.6) is 0 Å². The lowest BCUT2D eigenvalue weighted by atomic mass is 9.80. The molecule has 1 unspecified atom stereocenters. The van der Waals surface area contributed by atoms with Gasteiger partial charge in [-0.3, -0.25) is 0 Å². The van der Waals surface area contributed by atoms with Gasteiger partial charge in [0.2, 0.25) is 0 Å². The number of hydrogen-bond donors (Lipinski definition) is 1. The third-order valence-corrected chi connectivity index (χ3v) is 3.72. The Balaban J connectivity index is 2.23. The highest BCUT2D eigenvalue weighted by Crippen LogP contribution is 2.35. The molecular formula is C14H20N4. The first-order chi connectivity index (χ1) is 8.41. The van der Waals surface area contributed by atoms with Gasteiger partial charge in [0, 0.05) is 13.1 Å². The number of nitrogens with zero attached hydrogens (tertiary/aromatic N) is 3. The Morgan fingerprint density at radius 2 is 2.22 bits per heavy atom. The van der Waals surface area contributed by atoms with Crippen LogP contribution in [0.3, 0.4) is 0 Å². The van der Waals surface area contributed by atoms with Crippen LogP contribution in [-0.4, -0.2) is 18.1 Å². The monoisotopic (exact) mass is 244 g/mol. The van der Waals surface area contributed by atoms with Gasteiger partial charge in [0.1, 0.15) is 11.9 Å². The van der Waals surface area contributed by atoms with Crippen molar-refractivity contribution in [1.29, 1.82) is 5.26 Å². The van der Waals surface area contributed by atoms with E-state index in [1.807, 2.05) is 0 Å². The minimum Gasteiger partial charge on any atom is -0.397 e. The summed E-state index contributed by atoms with van der Waals surface area (Å²) in [7, 11) is 0. The number of rotatable bonds is 1. The molecule has 1 saturated heterocycles. The molecule has 1 aliphatic heterocycles. The lowest BCUT2D eigenvalue weighted by Gasteiger charge is -2.27. The first-order valence-electron chi connectivity index (χ1n) is 6.32. The van der Waals surface area contributed by atoms with Crippen LogP contribution in [-0.2, 0) is 0 Å². The first-order valence-corrected chi connectivity index (χ1v) is 6.32. The van der Waals surface area contributed by atoms with Crippen molar-refractivity contribution in [3.05, 3.63) is 17.8 Å². The summed E-state index contributed by atoms with van der Waals surface area (Å²) in [5.74, 6) is 1.42. The zero-order valence-corrected chi connectivity index (χ0v) is 11.3. The molecule has 96 valence electrons. The molecule has 1 atom stereocenters. The maximum absolute atomic E-state index is 9.16. The van der Waals surface area contributed by atoms with Crippen LogP contribution in [0, 0.1) is 22.7 Å². The van der Waals surface area contributed by atoms with Gasteiger partial charge in [-0.25, -0.2) is 4.98 Å². The number of nitrogen functional groups attached to an aromatic ring is 1. The van der Waals surface area contributed by atoms with Crippen LogP contribution < -0.4 is 10.6 Å². The van der Waals surface area contributed by atoms with E-state index in [1.165, 1.54) is 0 Å². The number of nitriles is 1. The van der Waals surface area contributed by atoms with Crippen molar-refractivity contribution in [2.75, 3.05) is 23.7 Å². The van der Waals surface area contributed by atoms with Gasteiger partial charge in [0.05, 0.1) is 17.4 Å². The van der Waals surface area contributed by atoms with E-state index in [1.54, 1.807) is 12.3 Å². The van der Waals surface area contributed by atoms with Gasteiger partial charge in [-0.2, -0.15) is 5.26 Å². The van der Waals surface area contributed by atoms with Crippen molar-refractivity contribution < 1.29 is 0 Å². The highest BCUT2D eigenvalue weighted by molar-refractivity contribution is 5.59. The van der Waals surface area contributed by atoms with E-state index in [9.17, 15) is 0 Å². The Hall–Kier alpha value is -1.76. The average Bonchev–Trinajstić information content (AvgIpc) is 2.77. The lowest BCUT2D eigenvalue weighted by Crippen LogP contribution is -2.26. The van der Waals surface area contributed by atoms with Crippen molar-refractivity contribution in [1.82, 2.24) is 4.98 Å². The number of hydrogen-bond acceptors (Lipinski definition) is 4. The van der Waals surface area contributed by atoms with E-state index in [2.05, 4.69) is 36.7 Å². The van der Waals surface area contributed by atoms with Crippen LogP contribution >= 0.6 is 0 Å². The van der Waals surface area contributed by atoms with E-state index in [0.29, 0.717) is 22.6 Å². The summed E-state index contributed by atoms with van der Waals surface area (Å²) < 4.78 is 0. The predicted octanol–water partition coefficient (Wildman–Crippen LogP) is 2.41.